The monoisotopic (exact) mass is 361 g/mol. The molecule has 0 heterocycles. The zero-order valence-electron chi connectivity index (χ0n) is 15.1. The predicted octanol–water partition coefficient (Wildman–Crippen LogP) is 4.19. The molecule has 2 rings (SSSR count). The number of nitriles is 2. The second-order valence-electron chi connectivity index (χ2n) is 6.06. The molecule has 2 aromatic rings. The Labute approximate surface area is 158 Å². The van der Waals surface area contributed by atoms with Crippen molar-refractivity contribution in [2.24, 2.45) is 5.92 Å². The Morgan fingerprint density at radius 2 is 1.70 bits per heavy atom. The lowest BCUT2D eigenvalue weighted by Gasteiger charge is -2.24. The van der Waals surface area contributed by atoms with Crippen LogP contribution in [0.25, 0.3) is 5.57 Å². The highest BCUT2D eigenvalue weighted by Gasteiger charge is 2.30. The van der Waals surface area contributed by atoms with Crippen LogP contribution in [0.15, 0.2) is 60.2 Å². The fraction of sp³-hybridized carbons (Fsp3) is 0.238. The molecule has 0 aromatic heterocycles. The maximum Gasteiger partial charge on any atom is 0.211 e. The van der Waals surface area contributed by atoms with Gasteiger partial charge in [0.15, 0.2) is 0 Å². The Morgan fingerprint density at radius 3 is 2.19 bits per heavy atom. The van der Waals surface area contributed by atoms with E-state index in [9.17, 15) is 20.6 Å². The van der Waals surface area contributed by atoms with E-state index in [1.807, 2.05) is 37.3 Å². The van der Waals surface area contributed by atoms with Crippen molar-refractivity contribution in [1.29, 1.82) is 10.5 Å². The molecule has 0 fully saturated rings. The van der Waals surface area contributed by atoms with Crippen LogP contribution in [0.5, 0.6) is 5.75 Å². The van der Waals surface area contributed by atoms with E-state index in [-0.39, 0.29) is 17.0 Å². The summed E-state index contributed by atoms with van der Waals surface area (Å²) in [6.07, 6.45) is 0. The van der Waals surface area contributed by atoms with Gasteiger partial charge in [-0.05, 0) is 34.8 Å². The Balaban J connectivity index is 2.58. The van der Waals surface area contributed by atoms with Gasteiger partial charge in [-0.3, -0.25) is 10.1 Å². The molecule has 0 aliphatic carbocycles. The van der Waals surface area contributed by atoms with Crippen molar-refractivity contribution in [2.75, 3.05) is 13.7 Å². The van der Waals surface area contributed by atoms with Crippen molar-refractivity contribution in [3.05, 3.63) is 81.4 Å². The minimum absolute atomic E-state index is 0.0319. The fourth-order valence-corrected chi connectivity index (χ4v) is 3.16. The Morgan fingerprint density at radius 1 is 1.11 bits per heavy atom. The molecule has 136 valence electrons. The number of hydrogen-bond donors (Lipinski definition) is 0. The van der Waals surface area contributed by atoms with Crippen molar-refractivity contribution in [3.8, 4) is 17.9 Å². The zero-order chi connectivity index (χ0) is 19.8. The van der Waals surface area contributed by atoms with Crippen molar-refractivity contribution in [2.45, 2.75) is 12.8 Å². The molecule has 27 heavy (non-hydrogen) atoms. The van der Waals surface area contributed by atoms with Gasteiger partial charge in [0.2, 0.25) is 6.54 Å². The molecule has 0 saturated carbocycles. The maximum atomic E-state index is 11.3. The molecule has 2 aromatic carbocycles. The fourth-order valence-electron chi connectivity index (χ4n) is 3.16. The van der Waals surface area contributed by atoms with Crippen LogP contribution in [0.2, 0.25) is 0 Å². The molecule has 0 aliphatic rings. The molecule has 0 unspecified atom stereocenters. The number of rotatable bonds is 7. The van der Waals surface area contributed by atoms with Gasteiger partial charge in [0.1, 0.15) is 23.5 Å². The number of ether oxygens (including phenoxy) is 1. The molecular weight excluding hydrogens is 342 g/mol. The Bertz CT molecular complexity index is 890. The van der Waals surface area contributed by atoms with Gasteiger partial charge < -0.3 is 4.74 Å². The molecule has 0 saturated heterocycles. The predicted molar refractivity (Wildman–Crippen MR) is 101 cm³/mol. The van der Waals surface area contributed by atoms with Crippen LogP contribution in [-0.2, 0) is 0 Å². The van der Waals surface area contributed by atoms with E-state index in [0.29, 0.717) is 16.9 Å². The lowest BCUT2D eigenvalue weighted by molar-refractivity contribution is -0.484. The first-order valence-electron chi connectivity index (χ1n) is 8.37. The first-order chi connectivity index (χ1) is 13.0. The van der Waals surface area contributed by atoms with Gasteiger partial charge in [-0.2, -0.15) is 10.5 Å². The summed E-state index contributed by atoms with van der Waals surface area (Å²) in [6, 6.07) is 20.0. The van der Waals surface area contributed by atoms with E-state index in [2.05, 4.69) is 0 Å². The summed E-state index contributed by atoms with van der Waals surface area (Å²) in [7, 11) is 1.55. The smallest absolute Gasteiger partial charge is 0.211 e. The van der Waals surface area contributed by atoms with Crippen molar-refractivity contribution >= 4 is 5.57 Å². The third-order valence-electron chi connectivity index (χ3n) is 4.53. The number of nitrogens with zero attached hydrogens (tertiary/aromatic N) is 3. The molecule has 0 spiro atoms. The standard InChI is InChI=1S/C21H19N3O3/c1-15(21(18(12-22)13-23)17-6-4-3-5-7-17)20(14-24(25)26)16-8-10-19(27-2)11-9-16/h3-11,15,20H,14H2,1-2H3/t15-,20+/m0/s1. The minimum Gasteiger partial charge on any atom is -0.497 e. The zero-order valence-corrected chi connectivity index (χ0v) is 15.1. The molecule has 2 atom stereocenters. The summed E-state index contributed by atoms with van der Waals surface area (Å²) in [5.41, 5.74) is 1.95. The SMILES string of the molecule is COc1ccc([C@H](C[N+](=O)[O-])[C@H](C)C(=C(C#N)C#N)c2ccccc2)cc1. The number of hydrogen-bond acceptors (Lipinski definition) is 5. The first kappa shape index (κ1) is 19.7. The summed E-state index contributed by atoms with van der Waals surface area (Å²) in [6.45, 7) is 1.50. The van der Waals surface area contributed by atoms with Gasteiger partial charge >= 0.3 is 0 Å². The van der Waals surface area contributed by atoms with Crippen LogP contribution in [0.3, 0.4) is 0 Å². The summed E-state index contributed by atoms with van der Waals surface area (Å²) >= 11 is 0. The van der Waals surface area contributed by atoms with Gasteiger partial charge in [-0.25, -0.2) is 0 Å². The van der Waals surface area contributed by atoms with Crippen LogP contribution in [0.1, 0.15) is 24.0 Å². The molecule has 0 bridgehead atoms. The normalized spacial score (nSPS) is 12.1. The van der Waals surface area contributed by atoms with E-state index >= 15 is 0 Å². The largest absolute Gasteiger partial charge is 0.497 e. The number of methoxy groups -OCH3 is 1. The van der Waals surface area contributed by atoms with Crippen LogP contribution < -0.4 is 4.74 Å². The minimum atomic E-state index is -0.502. The van der Waals surface area contributed by atoms with Gasteiger partial charge in [-0.15, -0.1) is 0 Å². The molecule has 0 N–H and O–H groups in total. The van der Waals surface area contributed by atoms with Crippen molar-refractivity contribution in [1.82, 2.24) is 0 Å². The molecule has 0 amide bonds. The van der Waals surface area contributed by atoms with E-state index in [4.69, 9.17) is 4.74 Å². The molecule has 0 aliphatic heterocycles. The van der Waals surface area contributed by atoms with Gasteiger partial charge in [-0.1, -0.05) is 49.4 Å². The number of nitro groups is 1. The summed E-state index contributed by atoms with van der Waals surface area (Å²) in [4.78, 5) is 10.9. The van der Waals surface area contributed by atoms with E-state index in [1.165, 1.54) is 0 Å². The van der Waals surface area contributed by atoms with Gasteiger partial charge in [0.05, 0.1) is 13.0 Å². The second kappa shape index (κ2) is 9.17. The second-order valence-corrected chi connectivity index (χ2v) is 6.06. The first-order valence-corrected chi connectivity index (χ1v) is 8.37. The molecule has 6 nitrogen and oxygen atoms in total. The Kier molecular flexibility index (Phi) is 6.68. The number of allylic oxidation sites excluding steroid dienone is 2. The molecule has 0 radical (unpaired) electrons. The summed E-state index contributed by atoms with van der Waals surface area (Å²) in [5, 5.41) is 30.2. The van der Waals surface area contributed by atoms with Crippen molar-refractivity contribution < 1.29 is 9.66 Å². The lowest BCUT2D eigenvalue weighted by Crippen LogP contribution is -2.21. The quantitative estimate of drug-likeness (QED) is 0.418. The summed E-state index contributed by atoms with van der Waals surface area (Å²) < 4.78 is 5.15. The van der Waals surface area contributed by atoms with Crippen LogP contribution in [-0.4, -0.2) is 18.6 Å². The van der Waals surface area contributed by atoms with Crippen LogP contribution >= 0.6 is 0 Å². The third-order valence-corrected chi connectivity index (χ3v) is 4.53. The van der Waals surface area contributed by atoms with Gasteiger partial charge in [0, 0.05) is 4.92 Å². The summed E-state index contributed by atoms with van der Waals surface area (Å²) in [5.74, 6) is -0.266. The molecule has 6 heteroatoms. The molecular formula is C21H19N3O3. The maximum absolute atomic E-state index is 11.3. The van der Waals surface area contributed by atoms with E-state index in [0.717, 1.165) is 5.56 Å². The van der Waals surface area contributed by atoms with Gasteiger partial charge in [0.25, 0.3) is 0 Å². The topological polar surface area (TPSA) is 99.9 Å². The average molecular weight is 361 g/mol. The lowest BCUT2D eigenvalue weighted by atomic mass is 9.78. The number of benzene rings is 2. The Hall–Kier alpha value is -3.64. The van der Waals surface area contributed by atoms with Crippen LogP contribution in [0.4, 0.5) is 0 Å². The average Bonchev–Trinajstić information content (AvgIpc) is 2.70. The highest BCUT2D eigenvalue weighted by atomic mass is 16.6. The highest BCUT2D eigenvalue weighted by molar-refractivity contribution is 5.77. The highest BCUT2D eigenvalue weighted by Crippen LogP contribution is 2.37. The van der Waals surface area contributed by atoms with Crippen LogP contribution in [0, 0.1) is 38.7 Å². The van der Waals surface area contributed by atoms with E-state index in [1.54, 1.807) is 43.5 Å². The van der Waals surface area contributed by atoms with E-state index < -0.39 is 11.8 Å². The van der Waals surface area contributed by atoms with Crippen molar-refractivity contribution in [3.63, 3.8) is 0 Å². The third kappa shape index (κ3) is 4.71.